The summed E-state index contributed by atoms with van der Waals surface area (Å²) < 4.78 is 1.35. The summed E-state index contributed by atoms with van der Waals surface area (Å²) in [5, 5.41) is 11.6. The third kappa shape index (κ3) is 3.77. The SMILES string of the molecule is CCc1cc(=O)n2nc(NCCNC(C)(C)C)sc2n1. The summed E-state index contributed by atoms with van der Waals surface area (Å²) >= 11 is 1.40. The summed E-state index contributed by atoms with van der Waals surface area (Å²) in [6, 6.07) is 1.54. The first-order valence-corrected chi connectivity index (χ1v) is 7.59. The van der Waals surface area contributed by atoms with E-state index in [4.69, 9.17) is 0 Å². The minimum Gasteiger partial charge on any atom is -0.359 e. The number of nitrogens with zero attached hydrogens (tertiary/aromatic N) is 3. The lowest BCUT2D eigenvalue weighted by atomic mass is 10.1. The lowest BCUT2D eigenvalue weighted by molar-refractivity contribution is 0.435. The standard InChI is InChI=1S/C13H21N5OS/c1-5-9-8-10(19)18-12(16-9)20-11(17-18)14-6-7-15-13(2,3)4/h8,15H,5-7H2,1-4H3,(H,14,17). The average molecular weight is 295 g/mol. The Morgan fingerprint density at radius 3 is 2.75 bits per heavy atom. The van der Waals surface area contributed by atoms with Crippen LogP contribution in [0, 0.1) is 0 Å². The van der Waals surface area contributed by atoms with Gasteiger partial charge in [0.2, 0.25) is 10.1 Å². The summed E-state index contributed by atoms with van der Waals surface area (Å²) in [5.74, 6) is 0. The lowest BCUT2D eigenvalue weighted by Crippen LogP contribution is -2.38. The van der Waals surface area contributed by atoms with Crippen molar-refractivity contribution in [2.75, 3.05) is 18.4 Å². The van der Waals surface area contributed by atoms with Crippen molar-refractivity contribution in [3.8, 4) is 0 Å². The van der Waals surface area contributed by atoms with Crippen molar-refractivity contribution in [3.63, 3.8) is 0 Å². The smallest absolute Gasteiger partial charge is 0.275 e. The first-order chi connectivity index (χ1) is 9.39. The quantitative estimate of drug-likeness (QED) is 0.818. The van der Waals surface area contributed by atoms with E-state index in [0.717, 1.165) is 30.3 Å². The molecule has 2 aromatic rings. The molecule has 0 fully saturated rings. The second-order valence-electron chi connectivity index (χ2n) is 5.64. The number of aromatic nitrogens is 3. The Morgan fingerprint density at radius 1 is 1.35 bits per heavy atom. The highest BCUT2D eigenvalue weighted by molar-refractivity contribution is 7.20. The molecular formula is C13H21N5OS. The molecule has 0 spiro atoms. The van der Waals surface area contributed by atoms with Gasteiger partial charge in [0.1, 0.15) is 0 Å². The highest BCUT2D eigenvalue weighted by Gasteiger charge is 2.09. The van der Waals surface area contributed by atoms with Gasteiger partial charge < -0.3 is 10.6 Å². The minimum absolute atomic E-state index is 0.101. The molecule has 20 heavy (non-hydrogen) atoms. The summed E-state index contributed by atoms with van der Waals surface area (Å²) in [7, 11) is 0. The van der Waals surface area contributed by atoms with Crippen molar-refractivity contribution < 1.29 is 0 Å². The van der Waals surface area contributed by atoms with E-state index in [-0.39, 0.29) is 11.1 Å². The van der Waals surface area contributed by atoms with Crippen molar-refractivity contribution >= 4 is 21.4 Å². The number of aryl methyl sites for hydroxylation is 1. The predicted molar refractivity (Wildman–Crippen MR) is 82.8 cm³/mol. The van der Waals surface area contributed by atoms with Gasteiger partial charge in [-0.15, -0.1) is 5.10 Å². The molecule has 0 aliphatic carbocycles. The zero-order valence-electron chi connectivity index (χ0n) is 12.4. The Labute approximate surface area is 122 Å². The van der Waals surface area contributed by atoms with Crippen LogP contribution in [0.1, 0.15) is 33.4 Å². The third-order valence-corrected chi connectivity index (χ3v) is 3.58. The first-order valence-electron chi connectivity index (χ1n) is 6.78. The molecule has 6 nitrogen and oxygen atoms in total. The molecule has 0 atom stereocenters. The molecule has 2 N–H and O–H groups in total. The second kappa shape index (κ2) is 5.88. The highest BCUT2D eigenvalue weighted by Crippen LogP contribution is 2.16. The Bertz CT molecular complexity index is 640. The van der Waals surface area contributed by atoms with E-state index >= 15 is 0 Å². The van der Waals surface area contributed by atoms with Crippen LogP contribution >= 0.6 is 11.3 Å². The highest BCUT2D eigenvalue weighted by atomic mass is 32.1. The zero-order chi connectivity index (χ0) is 14.8. The van der Waals surface area contributed by atoms with E-state index in [1.165, 1.54) is 21.9 Å². The van der Waals surface area contributed by atoms with Crippen molar-refractivity contribution in [2.24, 2.45) is 0 Å². The molecule has 2 rings (SSSR count). The van der Waals surface area contributed by atoms with Crippen LogP contribution in [0.5, 0.6) is 0 Å². The molecule has 0 saturated carbocycles. The number of fused-ring (bicyclic) bond motifs is 1. The zero-order valence-corrected chi connectivity index (χ0v) is 13.2. The molecule has 0 aliphatic heterocycles. The van der Waals surface area contributed by atoms with E-state index in [1.54, 1.807) is 0 Å². The Kier molecular flexibility index (Phi) is 4.39. The fourth-order valence-electron chi connectivity index (χ4n) is 1.72. The summed E-state index contributed by atoms with van der Waals surface area (Å²) in [5.41, 5.74) is 0.785. The van der Waals surface area contributed by atoms with Gasteiger partial charge >= 0.3 is 0 Å². The van der Waals surface area contributed by atoms with Gasteiger partial charge in [0.05, 0.1) is 0 Å². The number of anilines is 1. The monoisotopic (exact) mass is 295 g/mol. The topological polar surface area (TPSA) is 71.3 Å². The number of hydrogen-bond acceptors (Lipinski definition) is 6. The van der Waals surface area contributed by atoms with Crippen LogP contribution in [0.4, 0.5) is 5.13 Å². The molecule has 0 radical (unpaired) electrons. The van der Waals surface area contributed by atoms with Crippen LogP contribution in [0.2, 0.25) is 0 Å². The van der Waals surface area contributed by atoms with Crippen molar-refractivity contribution in [2.45, 2.75) is 39.7 Å². The Morgan fingerprint density at radius 2 is 2.10 bits per heavy atom. The fraction of sp³-hybridized carbons (Fsp3) is 0.615. The number of hydrogen-bond donors (Lipinski definition) is 2. The lowest BCUT2D eigenvalue weighted by Gasteiger charge is -2.20. The molecule has 0 aromatic carbocycles. The van der Waals surface area contributed by atoms with E-state index in [2.05, 4.69) is 41.5 Å². The fourth-order valence-corrected chi connectivity index (χ4v) is 2.57. The normalized spacial score (nSPS) is 12.0. The van der Waals surface area contributed by atoms with Crippen LogP contribution < -0.4 is 16.2 Å². The van der Waals surface area contributed by atoms with E-state index < -0.39 is 0 Å². The molecule has 0 aliphatic rings. The average Bonchev–Trinajstić information content (AvgIpc) is 2.77. The molecule has 2 aromatic heterocycles. The maximum atomic E-state index is 11.9. The van der Waals surface area contributed by atoms with E-state index in [1.807, 2.05) is 6.92 Å². The van der Waals surface area contributed by atoms with Crippen molar-refractivity contribution in [3.05, 3.63) is 22.1 Å². The van der Waals surface area contributed by atoms with Crippen LogP contribution in [0.3, 0.4) is 0 Å². The van der Waals surface area contributed by atoms with Crippen molar-refractivity contribution in [1.82, 2.24) is 19.9 Å². The van der Waals surface area contributed by atoms with Gasteiger partial charge in [-0.2, -0.15) is 4.52 Å². The van der Waals surface area contributed by atoms with Gasteiger partial charge in [-0.05, 0) is 27.2 Å². The molecular weight excluding hydrogens is 274 g/mol. The van der Waals surface area contributed by atoms with Gasteiger partial charge in [-0.1, -0.05) is 18.3 Å². The van der Waals surface area contributed by atoms with Gasteiger partial charge in [0.25, 0.3) is 5.56 Å². The maximum absolute atomic E-state index is 11.9. The molecule has 0 bridgehead atoms. The number of rotatable bonds is 5. The van der Waals surface area contributed by atoms with Crippen LogP contribution in [0.25, 0.3) is 4.96 Å². The van der Waals surface area contributed by atoms with Crippen LogP contribution in [-0.4, -0.2) is 33.2 Å². The largest absolute Gasteiger partial charge is 0.359 e. The van der Waals surface area contributed by atoms with Gasteiger partial charge in [0, 0.05) is 30.4 Å². The maximum Gasteiger partial charge on any atom is 0.275 e. The summed E-state index contributed by atoms with van der Waals surface area (Å²) in [6.07, 6.45) is 0.752. The minimum atomic E-state index is -0.121. The van der Waals surface area contributed by atoms with Gasteiger partial charge in [-0.25, -0.2) is 4.98 Å². The molecule has 0 saturated heterocycles. The summed E-state index contributed by atoms with van der Waals surface area (Å²) in [4.78, 5) is 16.9. The Hall–Kier alpha value is -1.47. The van der Waals surface area contributed by atoms with E-state index in [0.29, 0.717) is 4.96 Å². The summed E-state index contributed by atoms with van der Waals surface area (Å²) in [6.45, 7) is 9.95. The third-order valence-electron chi connectivity index (χ3n) is 2.72. The predicted octanol–water partition coefficient (Wildman–Crippen LogP) is 1.51. The molecule has 0 amide bonds. The van der Waals surface area contributed by atoms with Gasteiger partial charge in [0.15, 0.2) is 0 Å². The Balaban J connectivity index is 2.05. The molecule has 110 valence electrons. The van der Waals surface area contributed by atoms with Crippen LogP contribution in [0.15, 0.2) is 10.9 Å². The molecule has 0 unspecified atom stereocenters. The molecule has 7 heteroatoms. The van der Waals surface area contributed by atoms with Crippen molar-refractivity contribution in [1.29, 1.82) is 0 Å². The van der Waals surface area contributed by atoms with Gasteiger partial charge in [-0.3, -0.25) is 4.79 Å². The van der Waals surface area contributed by atoms with Crippen LogP contribution in [-0.2, 0) is 6.42 Å². The second-order valence-corrected chi connectivity index (χ2v) is 6.60. The van der Waals surface area contributed by atoms with E-state index in [9.17, 15) is 4.79 Å². The molecule has 2 heterocycles. The first kappa shape index (κ1) is 14.9. The number of nitrogens with one attached hydrogen (secondary N) is 2.